The van der Waals surface area contributed by atoms with Crippen LogP contribution in [0.5, 0.6) is 0 Å². The van der Waals surface area contributed by atoms with E-state index in [-0.39, 0.29) is 0 Å². The molecule has 1 aromatic rings. The highest BCUT2D eigenvalue weighted by Crippen LogP contribution is 2.24. The number of ether oxygens (including phenoxy) is 1. The SMILES string of the molecule is CCCn1cncc1C(O)C(C)C(=O)OC(C)(C)C. The molecule has 0 bridgehead atoms. The van der Waals surface area contributed by atoms with Gasteiger partial charge in [0.15, 0.2) is 0 Å². The maximum absolute atomic E-state index is 12.0. The van der Waals surface area contributed by atoms with E-state index in [1.807, 2.05) is 32.3 Å². The fourth-order valence-electron chi connectivity index (χ4n) is 1.78. The van der Waals surface area contributed by atoms with Crippen molar-refractivity contribution < 1.29 is 14.6 Å². The first-order valence-corrected chi connectivity index (χ1v) is 6.67. The van der Waals surface area contributed by atoms with Gasteiger partial charge in [-0.15, -0.1) is 0 Å². The third-order valence-corrected chi connectivity index (χ3v) is 2.76. The second-order valence-corrected chi connectivity index (χ2v) is 5.78. The van der Waals surface area contributed by atoms with Crippen molar-refractivity contribution in [2.45, 2.75) is 59.3 Å². The first-order valence-electron chi connectivity index (χ1n) is 6.67. The lowest BCUT2D eigenvalue weighted by molar-refractivity contribution is -0.163. The summed E-state index contributed by atoms with van der Waals surface area (Å²) in [5, 5.41) is 10.3. The third-order valence-electron chi connectivity index (χ3n) is 2.76. The second-order valence-electron chi connectivity index (χ2n) is 5.78. The number of rotatable bonds is 5. The summed E-state index contributed by atoms with van der Waals surface area (Å²) in [6.07, 6.45) is 3.31. The highest BCUT2D eigenvalue weighted by atomic mass is 16.6. The number of carbonyl (C=O) groups excluding carboxylic acids is 1. The van der Waals surface area contributed by atoms with E-state index in [0.29, 0.717) is 5.69 Å². The van der Waals surface area contributed by atoms with Gasteiger partial charge in [-0.3, -0.25) is 4.79 Å². The Morgan fingerprint density at radius 1 is 1.53 bits per heavy atom. The molecule has 2 unspecified atom stereocenters. The molecule has 1 N–H and O–H groups in total. The summed E-state index contributed by atoms with van der Waals surface area (Å²) in [7, 11) is 0. The van der Waals surface area contributed by atoms with Gasteiger partial charge >= 0.3 is 5.97 Å². The lowest BCUT2D eigenvalue weighted by atomic mass is 10.0. The van der Waals surface area contributed by atoms with Crippen LogP contribution in [0.2, 0.25) is 0 Å². The van der Waals surface area contributed by atoms with Gasteiger partial charge in [-0.1, -0.05) is 6.92 Å². The lowest BCUT2D eigenvalue weighted by Crippen LogP contribution is -2.31. The molecule has 0 amide bonds. The van der Waals surface area contributed by atoms with Crippen LogP contribution in [0, 0.1) is 5.92 Å². The van der Waals surface area contributed by atoms with Crippen molar-refractivity contribution in [3.63, 3.8) is 0 Å². The van der Waals surface area contributed by atoms with Crippen LogP contribution in [0.4, 0.5) is 0 Å². The van der Waals surface area contributed by atoms with Gasteiger partial charge in [-0.25, -0.2) is 4.98 Å². The number of esters is 1. The van der Waals surface area contributed by atoms with Crippen molar-refractivity contribution >= 4 is 5.97 Å². The molecule has 0 aromatic carbocycles. The van der Waals surface area contributed by atoms with Crippen LogP contribution < -0.4 is 0 Å². The Morgan fingerprint density at radius 3 is 2.68 bits per heavy atom. The molecule has 108 valence electrons. The Kier molecular flexibility index (Phi) is 5.11. The maximum atomic E-state index is 12.0. The number of hydrogen-bond donors (Lipinski definition) is 1. The number of nitrogens with zero attached hydrogens (tertiary/aromatic N) is 2. The Labute approximate surface area is 114 Å². The molecule has 0 saturated carbocycles. The van der Waals surface area contributed by atoms with E-state index in [2.05, 4.69) is 4.98 Å². The minimum atomic E-state index is -0.899. The highest BCUT2D eigenvalue weighted by Gasteiger charge is 2.29. The topological polar surface area (TPSA) is 64.3 Å². The predicted octanol–water partition coefficient (Wildman–Crippen LogP) is 2.30. The van der Waals surface area contributed by atoms with Gasteiger partial charge < -0.3 is 14.4 Å². The predicted molar refractivity (Wildman–Crippen MR) is 72.5 cm³/mol. The molecule has 0 radical (unpaired) electrons. The molecule has 2 atom stereocenters. The largest absolute Gasteiger partial charge is 0.460 e. The fraction of sp³-hybridized carbons (Fsp3) is 0.714. The molecule has 0 aliphatic rings. The van der Waals surface area contributed by atoms with Gasteiger partial charge in [0.2, 0.25) is 0 Å². The van der Waals surface area contributed by atoms with Crippen LogP contribution in [0.25, 0.3) is 0 Å². The van der Waals surface area contributed by atoms with E-state index in [1.165, 1.54) is 0 Å². The van der Waals surface area contributed by atoms with Crippen LogP contribution in [0.3, 0.4) is 0 Å². The first kappa shape index (κ1) is 15.7. The number of aliphatic hydroxyl groups excluding tert-OH is 1. The molecule has 0 spiro atoms. The molecular weight excluding hydrogens is 244 g/mol. The smallest absolute Gasteiger partial charge is 0.312 e. The molecule has 0 aliphatic carbocycles. The van der Waals surface area contributed by atoms with Gasteiger partial charge in [0, 0.05) is 6.54 Å². The van der Waals surface area contributed by atoms with Crippen molar-refractivity contribution in [3.8, 4) is 0 Å². The molecule has 1 aromatic heterocycles. The molecule has 5 nitrogen and oxygen atoms in total. The average molecular weight is 268 g/mol. The number of hydrogen-bond acceptors (Lipinski definition) is 4. The summed E-state index contributed by atoms with van der Waals surface area (Å²) >= 11 is 0. The third kappa shape index (κ3) is 4.35. The average Bonchev–Trinajstić information content (AvgIpc) is 2.73. The lowest BCUT2D eigenvalue weighted by Gasteiger charge is -2.25. The Balaban J connectivity index is 2.78. The molecule has 1 rings (SSSR count). The quantitative estimate of drug-likeness (QED) is 0.832. The van der Waals surface area contributed by atoms with E-state index < -0.39 is 23.6 Å². The van der Waals surface area contributed by atoms with E-state index >= 15 is 0 Å². The molecule has 0 saturated heterocycles. The second kappa shape index (κ2) is 6.19. The van der Waals surface area contributed by atoms with E-state index in [1.54, 1.807) is 19.4 Å². The maximum Gasteiger partial charge on any atom is 0.312 e. The van der Waals surface area contributed by atoms with E-state index in [0.717, 1.165) is 13.0 Å². The van der Waals surface area contributed by atoms with Crippen molar-refractivity contribution in [2.24, 2.45) is 5.92 Å². The van der Waals surface area contributed by atoms with E-state index in [4.69, 9.17) is 4.74 Å². The Hall–Kier alpha value is -1.36. The van der Waals surface area contributed by atoms with Crippen LogP contribution in [-0.4, -0.2) is 26.2 Å². The van der Waals surface area contributed by atoms with Crippen LogP contribution in [-0.2, 0) is 16.1 Å². The summed E-state index contributed by atoms with van der Waals surface area (Å²) in [5.74, 6) is -1.02. The van der Waals surface area contributed by atoms with Crippen molar-refractivity contribution in [1.29, 1.82) is 0 Å². The van der Waals surface area contributed by atoms with E-state index in [9.17, 15) is 9.90 Å². The molecule has 1 heterocycles. The van der Waals surface area contributed by atoms with Crippen molar-refractivity contribution in [2.75, 3.05) is 0 Å². The van der Waals surface area contributed by atoms with Gasteiger partial charge in [0.1, 0.15) is 11.7 Å². The molecule has 0 fully saturated rings. The van der Waals surface area contributed by atoms with Gasteiger partial charge in [0.25, 0.3) is 0 Å². The fourth-order valence-corrected chi connectivity index (χ4v) is 1.78. The normalized spacial score (nSPS) is 15.1. The van der Waals surface area contributed by atoms with Gasteiger partial charge in [-0.2, -0.15) is 0 Å². The summed E-state index contributed by atoms with van der Waals surface area (Å²) < 4.78 is 7.16. The summed E-state index contributed by atoms with van der Waals surface area (Å²) in [6, 6.07) is 0. The minimum absolute atomic E-state index is 0.399. The van der Waals surface area contributed by atoms with Crippen LogP contribution in [0.15, 0.2) is 12.5 Å². The monoisotopic (exact) mass is 268 g/mol. The summed E-state index contributed by atoms with van der Waals surface area (Å²) in [4.78, 5) is 16.0. The Morgan fingerprint density at radius 2 is 2.16 bits per heavy atom. The number of aryl methyl sites for hydroxylation is 1. The zero-order chi connectivity index (χ0) is 14.6. The van der Waals surface area contributed by atoms with Crippen LogP contribution in [0.1, 0.15) is 52.8 Å². The van der Waals surface area contributed by atoms with Gasteiger partial charge in [-0.05, 0) is 34.1 Å². The number of aromatic nitrogens is 2. The number of aliphatic hydroxyl groups is 1. The Bertz CT molecular complexity index is 421. The standard InChI is InChI=1S/C14H24N2O3/c1-6-7-16-9-15-8-11(16)12(17)10(2)13(18)19-14(3,4)5/h8-10,12,17H,6-7H2,1-5H3. The number of carbonyl (C=O) groups is 1. The number of imidazole rings is 1. The summed E-state index contributed by atoms with van der Waals surface area (Å²) in [6.45, 7) is 9.92. The zero-order valence-electron chi connectivity index (χ0n) is 12.4. The minimum Gasteiger partial charge on any atom is -0.460 e. The van der Waals surface area contributed by atoms with Gasteiger partial charge in [0.05, 0.1) is 24.1 Å². The van der Waals surface area contributed by atoms with Crippen molar-refractivity contribution in [3.05, 3.63) is 18.2 Å². The zero-order valence-corrected chi connectivity index (χ0v) is 12.4. The molecular formula is C14H24N2O3. The molecule has 5 heteroatoms. The molecule has 19 heavy (non-hydrogen) atoms. The first-order chi connectivity index (χ1) is 8.76. The molecule has 0 aliphatic heterocycles. The van der Waals surface area contributed by atoms with Crippen molar-refractivity contribution in [1.82, 2.24) is 9.55 Å². The van der Waals surface area contributed by atoms with Crippen LogP contribution >= 0.6 is 0 Å². The highest BCUT2D eigenvalue weighted by molar-refractivity contribution is 5.73. The summed E-state index contributed by atoms with van der Waals surface area (Å²) in [5.41, 5.74) is 0.106.